The fraction of sp³-hybridized carbons (Fsp3) is 0.800. The second-order valence-corrected chi connectivity index (χ2v) is 4.69. The summed E-state index contributed by atoms with van der Waals surface area (Å²) in [4.78, 5) is 21.8. The van der Waals surface area contributed by atoms with Crippen LogP contribution in [0.4, 0.5) is 0 Å². The number of carbonyl (C=O) groups excluding carboxylic acids is 1. The van der Waals surface area contributed by atoms with Gasteiger partial charge in [-0.1, -0.05) is 20.8 Å². The SMILES string of the molecule is CC1(C)[C@H](C(=O)O)CC[C@@]1(C)C=O. The first-order chi connectivity index (χ1) is 5.85. The van der Waals surface area contributed by atoms with E-state index in [0.29, 0.717) is 12.8 Å². The minimum absolute atomic E-state index is 0.386. The molecule has 1 fully saturated rings. The van der Waals surface area contributed by atoms with Crippen LogP contribution in [0.25, 0.3) is 0 Å². The molecule has 0 radical (unpaired) electrons. The van der Waals surface area contributed by atoms with Gasteiger partial charge in [0.15, 0.2) is 0 Å². The normalized spacial score (nSPS) is 37.3. The number of hydrogen-bond acceptors (Lipinski definition) is 2. The second kappa shape index (κ2) is 2.82. The molecule has 0 aromatic heterocycles. The fourth-order valence-electron chi connectivity index (χ4n) is 2.17. The van der Waals surface area contributed by atoms with Gasteiger partial charge >= 0.3 is 5.97 Å². The van der Waals surface area contributed by atoms with Crippen molar-refractivity contribution in [3.63, 3.8) is 0 Å². The Balaban J connectivity index is 3.01. The second-order valence-electron chi connectivity index (χ2n) is 4.69. The van der Waals surface area contributed by atoms with Gasteiger partial charge < -0.3 is 9.90 Å². The van der Waals surface area contributed by atoms with E-state index < -0.39 is 16.8 Å². The van der Waals surface area contributed by atoms with Crippen LogP contribution in [-0.2, 0) is 9.59 Å². The van der Waals surface area contributed by atoms with Crippen molar-refractivity contribution in [3.05, 3.63) is 0 Å². The van der Waals surface area contributed by atoms with E-state index in [0.717, 1.165) is 6.29 Å². The fourth-order valence-corrected chi connectivity index (χ4v) is 2.17. The third-order valence-corrected chi connectivity index (χ3v) is 3.85. The van der Waals surface area contributed by atoms with E-state index in [-0.39, 0.29) is 5.92 Å². The molecule has 0 aromatic rings. The van der Waals surface area contributed by atoms with Crippen molar-refractivity contribution < 1.29 is 14.7 Å². The van der Waals surface area contributed by atoms with E-state index in [2.05, 4.69) is 0 Å². The number of rotatable bonds is 2. The molecule has 3 nitrogen and oxygen atoms in total. The minimum Gasteiger partial charge on any atom is -0.481 e. The lowest BCUT2D eigenvalue weighted by Gasteiger charge is -2.35. The van der Waals surface area contributed by atoms with Crippen molar-refractivity contribution in [2.45, 2.75) is 33.6 Å². The van der Waals surface area contributed by atoms with Crippen molar-refractivity contribution in [2.75, 3.05) is 0 Å². The van der Waals surface area contributed by atoms with Crippen LogP contribution in [0.3, 0.4) is 0 Å². The van der Waals surface area contributed by atoms with Crippen LogP contribution in [0.5, 0.6) is 0 Å². The summed E-state index contributed by atoms with van der Waals surface area (Å²) >= 11 is 0. The Bertz CT molecular complexity index is 245. The van der Waals surface area contributed by atoms with Crippen molar-refractivity contribution >= 4 is 12.3 Å². The van der Waals surface area contributed by atoms with Crippen LogP contribution in [0.2, 0.25) is 0 Å². The summed E-state index contributed by atoms with van der Waals surface area (Å²) in [5.74, 6) is -1.17. The lowest BCUT2D eigenvalue weighted by Crippen LogP contribution is -2.38. The Morgan fingerprint density at radius 1 is 1.46 bits per heavy atom. The highest BCUT2D eigenvalue weighted by Crippen LogP contribution is 2.54. The number of aldehydes is 1. The minimum atomic E-state index is -0.782. The molecule has 3 heteroatoms. The standard InChI is InChI=1S/C10H16O3/c1-9(2)7(8(12)13)4-5-10(9,3)6-11/h6-7H,4-5H2,1-3H3,(H,12,13)/t7-,10-/m0/s1. The lowest BCUT2D eigenvalue weighted by atomic mass is 9.66. The van der Waals surface area contributed by atoms with Crippen LogP contribution in [0.15, 0.2) is 0 Å². The van der Waals surface area contributed by atoms with Gasteiger partial charge in [-0.15, -0.1) is 0 Å². The van der Waals surface area contributed by atoms with Crippen molar-refractivity contribution in [1.82, 2.24) is 0 Å². The predicted octanol–water partition coefficient (Wildman–Crippen LogP) is 1.71. The molecule has 0 bridgehead atoms. The van der Waals surface area contributed by atoms with Crippen LogP contribution in [0.1, 0.15) is 33.6 Å². The van der Waals surface area contributed by atoms with E-state index >= 15 is 0 Å². The van der Waals surface area contributed by atoms with Gasteiger partial charge in [0.25, 0.3) is 0 Å². The molecule has 1 saturated carbocycles. The van der Waals surface area contributed by atoms with Crippen molar-refractivity contribution in [3.8, 4) is 0 Å². The third kappa shape index (κ3) is 1.26. The molecule has 1 N–H and O–H groups in total. The summed E-state index contributed by atoms with van der Waals surface area (Å²) in [7, 11) is 0. The first-order valence-corrected chi connectivity index (χ1v) is 4.54. The Labute approximate surface area is 78.1 Å². The molecule has 74 valence electrons. The van der Waals surface area contributed by atoms with Gasteiger partial charge in [-0.2, -0.15) is 0 Å². The molecular weight excluding hydrogens is 168 g/mol. The zero-order valence-electron chi connectivity index (χ0n) is 8.33. The van der Waals surface area contributed by atoms with Crippen LogP contribution >= 0.6 is 0 Å². The van der Waals surface area contributed by atoms with Crippen LogP contribution in [-0.4, -0.2) is 17.4 Å². The van der Waals surface area contributed by atoms with Crippen LogP contribution in [0, 0.1) is 16.7 Å². The quantitative estimate of drug-likeness (QED) is 0.665. The Morgan fingerprint density at radius 3 is 2.23 bits per heavy atom. The highest BCUT2D eigenvalue weighted by molar-refractivity contribution is 5.74. The number of carbonyl (C=O) groups is 2. The molecule has 1 aliphatic rings. The summed E-state index contributed by atoms with van der Waals surface area (Å²) in [6, 6.07) is 0. The van der Waals surface area contributed by atoms with Gasteiger partial charge in [-0.3, -0.25) is 4.79 Å². The number of carboxylic acids is 1. The van der Waals surface area contributed by atoms with Gasteiger partial charge in [0.2, 0.25) is 0 Å². The molecule has 13 heavy (non-hydrogen) atoms. The van der Waals surface area contributed by atoms with Gasteiger partial charge in [0, 0.05) is 5.41 Å². The summed E-state index contributed by atoms with van der Waals surface area (Å²) in [5, 5.41) is 8.96. The Hall–Kier alpha value is -0.860. The molecule has 0 unspecified atom stereocenters. The zero-order valence-corrected chi connectivity index (χ0v) is 8.33. The van der Waals surface area contributed by atoms with E-state index in [1.807, 2.05) is 20.8 Å². The summed E-state index contributed by atoms with van der Waals surface area (Å²) in [6.07, 6.45) is 2.20. The van der Waals surface area contributed by atoms with Crippen molar-refractivity contribution in [1.29, 1.82) is 0 Å². The molecule has 0 aliphatic heterocycles. The lowest BCUT2D eigenvalue weighted by molar-refractivity contribution is -0.146. The average molecular weight is 184 g/mol. The molecule has 1 rings (SSSR count). The van der Waals surface area contributed by atoms with E-state index in [1.54, 1.807) is 0 Å². The molecule has 0 saturated heterocycles. The molecule has 0 spiro atoms. The highest BCUT2D eigenvalue weighted by atomic mass is 16.4. The third-order valence-electron chi connectivity index (χ3n) is 3.85. The molecular formula is C10H16O3. The molecule has 0 aromatic carbocycles. The Morgan fingerprint density at radius 2 is 2.00 bits per heavy atom. The van der Waals surface area contributed by atoms with Gasteiger partial charge in [0.1, 0.15) is 6.29 Å². The smallest absolute Gasteiger partial charge is 0.307 e. The number of aliphatic carboxylic acids is 1. The molecule has 2 atom stereocenters. The topological polar surface area (TPSA) is 54.4 Å². The molecule has 0 heterocycles. The van der Waals surface area contributed by atoms with E-state index in [1.165, 1.54) is 0 Å². The number of hydrogen-bond donors (Lipinski definition) is 1. The maximum Gasteiger partial charge on any atom is 0.307 e. The van der Waals surface area contributed by atoms with Gasteiger partial charge in [-0.25, -0.2) is 0 Å². The van der Waals surface area contributed by atoms with Gasteiger partial charge in [0.05, 0.1) is 5.92 Å². The highest BCUT2D eigenvalue weighted by Gasteiger charge is 2.54. The average Bonchev–Trinajstić information content (AvgIpc) is 2.24. The first-order valence-electron chi connectivity index (χ1n) is 4.54. The van der Waals surface area contributed by atoms with Gasteiger partial charge in [-0.05, 0) is 18.3 Å². The molecule has 0 amide bonds. The summed E-state index contributed by atoms with van der Waals surface area (Å²) in [6.45, 7) is 5.59. The maximum atomic E-state index is 10.9. The largest absolute Gasteiger partial charge is 0.481 e. The molecule has 1 aliphatic carbocycles. The summed E-state index contributed by atoms with van der Waals surface area (Å²) < 4.78 is 0. The Kier molecular flexibility index (Phi) is 2.22. The van der Waals surface area contributed by atoms with E-state index in [9.17, 15) is 9.59 Å². The number of carboxylic acid groups (broad SMARTS) is 1. The predicted molar refractivity (Wildman–Crippen MR) is 48.3 cm³/mol. The van der Waals surface area contributed by atoms with E-state index in [4.69, 9.17) is 5.11 Å². The monoisotopic (exact) mass is 184 g/mol. The van der Waals surface area contributed by atoms with Crippen molar-refractivity contribution in [2.24, 2.45) is 16.7 Å². The first kappa shape index (κ1) is 10.2. The maximum absolute atomic E-state index is 10.9. The zero-order chi connectivity index (χ0) is 10.3. The van der Waals surface area contributed by atoms with Crippen LogP contribution < -0.4 is 0 Å². The summed E-state index contributed by atoms with van der Waals surface area (Å²) in [5.41, 5.74) is -0.906.